The lowest BCUT2D eigenvalue weighted by Gasteiger charge is -2.02. The molecule has 0 spiro atoms. The van der Waals surface area contributed by atoms with E-state index in [2.05, 4.69) is 25.7 Å². The van der Waals surface area contributed by atoms with Crippen LogP contribution in [0.1, 0.15) is 49.2 Å². The molecule has 0 aliphatic rings. The van der Waals surface area contributed by atoms with E-state index in [4.69, 9.17) is 4.52 Å². The topological polar surface area (TPSA) is 76.7 Å². The van der Waals surface area contributed by atoms with Crippen LogP contribution in [0, 0.1) is 5.82 Å². The molecule has 3 rings (SSSR count). The Morgan fingerprint density at radius 1 is 1.20 bits per heavy atom. The molecule has 0 aliphatic carbocycles. The first-order chi connectivity index (χ1) is 12.0. The van der Waals surface area contributed by atoms with E-state index in [1.54, 1.807) is 12.1 Å². The van der Waals surface area contributed by atoms with Crippen molar-refractivity contribution < 1.29 is 8.91 Å². The van der Waals surface area contributed by atoms with Gasteiger partial charge in [0.05, 0.1) is 5.25 Å². The number of benzene rings is 1. The summed E-state index contributed by atoms with van der Waals surface area (Å²) >= 11 is 2.98. The fourth-order valence-corrected chi connectivity index (χ4v) is 3.88. The third-order valence-corrected chi connectivity index (χ3v) is 5.42. The molecule has 2 aromatic heterocycles. The molecule has 25 heavy (non-hydrogen) atoms. The second kappa shape index (κ2) is 7.92. The third kappa shape index (κ3) is 4.76. The van der Waals surface area contributed by atoms with Crippen molar-refractivity contribution in [3.63, 3.8) is 0 Å². The van der Waals surface area contributed by atoms with Crippen LogP contribution >= 0.6 is 23.1 Å². The maximum atomic E-state index is 12.9. The van der Waals surface area contributed by atoms with Crippen LogP contribution in [0.2, 0.25) is 0 Å². The van der Waals surface area contributed by atoms with E-state index in [0.717, 1.165) is 9.90 Å². The molecule has 1 aromatic carbocycles. The van der Waals surface area contributed by atoms with E-state index in [-0.39, 0.29) is 17.0 Å². The van der Waals surface area contributed by atoms with Gasteiger partial charge in [0.1, 0.15) is 5.82 Å². The zero-order valence-electron chi connectivity index (χ0n) is 14.1. The predicted molar refractivity (Wildman–Crippen MR) is 96.3 cm³/mol. The smallest absolute Gasteiger partial charge is 0.239 e. The number of hydrogen-bond acceptors (Lipinski definition) is 8. The van der Waals surface area contributed by atoms with Crippen molar-refractivity contribution in [2.24, 2.45) is 0 Å². The Morgan fingerprint density at radius 3 is 2.64 bits per heavy atom. The largest absolute Gasteiger partial charge is 0.356 e. The summed E-state index contributed by atoms with van der Waals surface area (Å²) < 4.78 is 19.0. The molecule has 132 valence electrons. The number of halogens is 1. The molecule has 0 saturated carbocycles. The number of aromatic nitrogens is 4. The van der Waals surface area contributed by atoms with Crippen LogP contribution in [-0.2, 0) is 6.54 Å². The summed E-state index contributed by atoms with van der Waals surface area (Å²) in [4.78, 5) is 4.41. The van der Waals surface area contributed by atoms with Gasteiger partial charge in [0.2, 0.25) is 11.0 Å². The van der Waals surface area contributed by atoms with Crippen molar-refractivity contribution in [3.8, 4) is 0 Å². The second-order valence-corrected chi connectivity index (χ2v) is 8.32. The molecule has 0 fully saturated rings. The third-order valence-electron chi connectivity index (χ3n) is 3.36. The Kier molecular flexibility index (Phi) is 5.64. The molecule has 2 heterocycles. The zero-order valence-corrected chi connectivity index (χ0v) is 15.7. The van der Waals surface area contributed by atoms with Gasteiger partial charge in [0, 0.05) is 12.5 Å². The first-order valence-corrected chi connectivity index (χ1v) is 9.53. The molecule has 3 aromatic rings. The summed E-state index contributed by atoms with van der Waals surface area (Å²) in [5.41, 5.74) is 0.978. The summed E-state index contributed by atoms with van der Waals surface area (Å²) in [6.07, 6.45) is 0. The van der Waals surface area contributed by atoms with Crippen molar-refractivity contribution in [2.75, 3.05) is 5.32 Å². The summed E-state index contributed by atoms with van der Waals surface area (Å²) in [7, 11) is 0. The minimum Gasteiger partial charge on any atom is -0.356 e. The molecule has 0 saturated heterocycles. The normalized spacial score (nSPS) is 12.5. The SMILES string of the molecule is CC(C)c1noc(C(C)Sc2nnc(NCc3ccc(F)cc3)s2)n1. The van der Waals surface area contributed by atoms with Gasteiger partial charge in [-0.05, 0) is 24.6 Å². The number of anilines is 1. The highest BCUT2D eigenvalue weighted by molar-refractivity contribution is 8.01. The van der Waals surface area contributed by atoms with Gasteiger partial charge in [0.25, 0.3) is 0 Å². The summed E-state index contributed by atoms with van der Waals surface area (Å²) in [5, 5.41) is 16.2. The number of nitrogens with zero attached hydrogens (tertiary/aromatic N) is 4. The van der Waals surface area contributed by atoms with Gasteiger partial charge in [-0.2, -0.15) is 4.98 Å². The van der Waals surface area contributed by atoms with E-state index < -0.39 is 0 Å². The Labute approximate surface area is 153 Å². The van der Waals surface area contributed by atoms with Gasteiger partial charge in [-0.25, -0.2) is 4.39 Å². The number of rotatable bonds is 7. The van der Waals surface area contributed by atoms with E-state index in [1.807, 2.05) is 20.8 Å². The molecular formula is C16H18FN5OS2. The molecule has 9 heteroatoms. The first-order valence-electron chi connectivity index (χ1n) is 7.83. The van der Waals surface area contributed by atoms with Gasteiger partial charge in [-0.1, -0.05) is 54.2 Å². The monoisotopic (exact) mass is 379 g/mol. The van der Waals surface area contributed by atoms with Crippen molar-refractivity contribution >= 4 is 28.2 Å². The van der Waals surface area contributed by atoms with E-state index >= 15 is 0 Å². The minimum absolute atomic E-state index is 0.00195. The number of hydrogen-bond donors (Lipinski definition) is 1. The Morgan fingerprint density at radius 2 is 1.96 bits per heavy atom. The average molecular weight is 379 g/mol. The minimum atomic E-state index is -0.242. The van der Waals surface area contributed by atoms with Crippen molar-refractivity contribution in [1.29, 1.82) is 0 Å². The van der Waals surface area contributed by atoms with Gasteiger partial charge < -0.3 is 9.84 Å². The lowest BCUT2D eigenvalue weighted by atomic mass is 10.2. The van der Waals surface area contributed by atoms with Gasteiger partial charge in [-0.3, -0.25) is 0 Å². The fourth-order valence-electron chi connectivity index (χ4n) is 1.96. The van der Waals surface area contributed by atoms with Crippen LogP contribution in [0.15, 0.2) is 33.1 Å². The maximum absolute atomic E-state index is 12.9. The molecule has 0 bridgehead atoms. The first kappa shape index (κ1) is 17.8. The predicted octanol–water partition coefficient (Wildman–Crippen LogP) is 4.65. The van der Waals surface area contributed by atoms with Crippen LogP contribution < -0.4 is 5.32 Å². The van der Waals surface area contributed by atoms with Crippen molar-refractivity contribution in [3.05, 3.63) is 47.4 Å². The zero-order chi connectivity index (χ0) is 17.8. The Hall–Kier alpha value is -2.00. The second-order valence-electron chi connectivity index (χ2n) is 5.76. The van der Waals surface area contributed by atoms with Crippen molar-refractivity contribution in [1.82, 2.24) is 20.3 Å². The lowest BCUT2D eigenvalue weighted by Crippen LogP contribution is -1.98. The summed E-state index contributed by atoms with van der Waals surface area (Å²) in [6.45, 7) is 6.61. The number of nitrogens with one attached hydrogen (secondary N) is 1. The maximum Gasteiger partial charge on any atom is 0.239 e. The Balaban J connectivity index is 1.56. The van der Waals surface area contributed by atoms with Crippen LogP contribution in [0.3, 0.4) is 0 Å². The molecular weight excluding hydrogens is 361 g/mol. The fraction of sp³-hybridized carbons (Fsp3) is 0.375. The number of thioether (sulfide) groups is 1. The average Bonchev–Trinajstić information content (AvgIpc) is 3.24. The summed E-state index contributed by atoms with van der Waals surface area (Å²) in [5.74, 6) is 1.29. The van der Waals surface area contributed by atoms with Gasteiger partial charge in [-0.15, -0.1) is 10.2 Å². The van der Waals surface area contributed by atoms with E-state index in [9.17, 15) is 4.39 Å². The lowest BCUT2D eigenvalue weighted by molar-refractivity contribution is 0.373. The highest BCUT2D eigenvalue weighted by Crippen LogP contribution is 2.37. The molecule has 1 atom stereocenters. The quantitative estimate of drug-likeness (QED) is 0.599. The summed E-state index contributed by atoms with van der Waals surface area (Å²) in [6, 6.07) is 6.36. The molecule has 0 radical (unpaired) electrons. The van der Waals surface area contributed by atoms with Crippen LogP contribution in [0.5, 0.6) is 0 Å². The van der Waals surface area contributed by atoms with Crippen molar-refractivity contribution in [2.45, 2.75) is 42.8 Å². The van der Waals surface area contributed by atoms with Crippen LogP contribution in [0.25, 0.3) is 0 Å². The molecule has 0 amide bonds. The standard InChI is InChI=1S/C16H18FN5OS2/c1-9(2)13-19-14(23-22-13)10(3)24-16-21-20-15(25-16)18-8-11-4-6-12(17)7-5-11/h4-7,9-10H,8H2,1-3H3,(H,18,20). The van der Waals surface area contributed by atoms with Crippen LogP contribution in [-0.4, -0.2) is 20.3 Å². The van der Waals surface area contributed by atoms with E-state index in [0.29, 0.717) is 23.4 Å². The Bertz CT molecular complexity index is 818. The highest BCUT2D eigenvalue weighted by Gasteiger charge is 2.19. The van der Waals surface area contributed by atoms with E-state index in [1.165, 1.54) is 35.2 Å². The molecule has 6 nitrogen and oxygen atoms in total. The highest BCUT2D eigenvalue weighted by atomic mass is 32.2. The van der Waals surface area contributed by atoms with Gasteiger partial charge in [0.15, 0.2) is 10.2 Å². The molecule has 1 unspecified atom stereocenters. The van der Waals surface area contributed by atoms with Gasteiger partial charge >= 0.3 is 0 Å². The molecule has 0 aliphatic heterocycles. The van der Waals surface area contributed by atoms with Crippen LogP contribution in [0.4, 0.5) is 9.52 Å². The molecule has 1 N–H and O–H groups in total.